The van der Waals surface area contributed by atoms with Crippen molar-refractivity contribution in [2.75, 3.05) is 18.8 Å². The lowest BCUT2D eigenvalue weighted by molar-refractivity contribution is 0.429. The van der Waals surface area contributed by atoms with Crippen LogP contribution in [0.3, 0.4) is 0 Å². The van der Waals surface area contributed by atoms with Gasteiger partial charge in [-0.25, -0.2) is 8.42 Å². The zero-order chi connectivity index (χ0) is 16.4. The molecule has 1 aromatic carbocycles. The molecule has 2 heterocycles. The van der Waals surface area contributed by atoms with Crippen LogP contribution in [0, 0.1) is 6.92 Å². The van der Waals surface area contributed by atoms with Crippen molar-refractivity contribution in [3.8, 4) is 0 Å². The molecule has 2 aromatic rings. The van der Waals surface area contributed by atoms with E-state index in [0.717, 1.165) is 23.5 Å². The van der Waals surface area contributed by atoms with E-state index in [0.29, 0.717) is 26.9 Å². The van der Waals surface area contributed by atoms with Crippen molar-refractivity contribution >= 4 is 44.7 Å². The van der Waals surface area contributed by atoms with E-state index in [1.165, 1.54) is 11.1 Å². The van der Waals surface area contributed by atoms with Crippen molar-refractivity contribution in [1.29, 1.82) is 0 Å². The molecular weight excluding hydrogens is 370 g/mol. The number of halogens is 1. The Morgan fingerprint density at radius 1 is 1.17 bits per heavy atom. The Kier molecular flexibility index (Phi) is 5.38. The summed E-state index contributed by atoms with van der Waals surface area (Å²) in [5.41, 5.74) is 2.59. The van der Waals surface area contributed by atoms with Crippen LogP contribution in [0.15, 0.2) is 40.6 Å². The molecule has 1 saturated heterocycles. The first-order valence-electron chi connectivity index (χ1n) is 7.41. The number of thiophene rings is 1. The number of hydrogen-bond acceptors (Lipinski definition) is 4. The molecule has 0 amide bonds. The van der Waals surface area contributed by atoms with E-state index in [2.05, 4.69) is 25.1 Å². The van der Waals surface area contributed by atoms with Gasteiger partial charge in [0, 0.05) is 24.1 Å². The third kappa shape index (κ3) is 3.77. The summed E-state index contributed by atoms with van der Waals surface area (Å²) in [5.74, 6) is 0.803. The van der Waals surface area contributed by atoms with Gasteiger partial charge in [0.2, 0.25) is 0 Å². The van der Waals surface area contributed by atoms with Crippen molar-refractivity contribution in [2.24, 2.45) is 0 Å². The van der Waals surface area contributed by atoms with Crippen LogP contribution in [0.1, 0.15) is 22.8 Å². The lowest BCUT2D eigenvalue weighted by Gasteiger charge is -2.19. The monoisotopic (exact) mass is 387 g/mol. The number of thioether (sulfide) groups is 1. The van der Waals surface area contributed by atoms with Crippen LogP contribution in [-0.2, 0) is 10.0 Å². The zero-order valence-corrected chi connectivity index (χ0v) is 15.9. The van der Waals surface area contributed by atoms with Gasteiger partial charge in [-0.05, 0) is 36.6 Å². The topological polar surface area (TPSA) is 37.4 Å². The Bertz CT molecular complexity index is 788. The van der Waals surface area contributed by atoms with Crippen LogP contribution < -0.4 is 0 Å². The Balaban J connectivity index is 1.78. The Morgan fingerprint density at radius 2 is 1.96 bits per heavy atom. The molecule has 7 heteroatoms. The highest BCUT2D eigenvalue weighted by Crippen LogP contribution is 2.37. The van der Waals surface area contributed by atoms with E-state index in [1.54, 1.807) is 16.4 Å². The maximum absolute atomic E-state index is 12.7. The van der Waals surface area contributed by atoms with E-state index in [-0.39, 0.29) is 0 Å². The first-order chi connectivity index (χ1) is 11.0. The highest BCUT2D eigenvalue weighted by atomic mass is 35.5. The van der Waals surface area contributed by atoms with Gasteiger partial charge >= 0.3 is 0 Å². The molecule has 0 aliphatic carbocycles. The van der Waals surface area contributed by atoms with Crippen molar-refractivity contribution in [1.82, 2.24) is 4.31 Å². The molecule has 3 nitrogen and oxygen atoms in total. The highest BCUT2D eigenvalue weighted by molar-refractivity contribution is 7.99. The van der Waals surface area contributed by atoms with Gasteiger partial charge in [-0.15, -0.1) is 11.3 Å². The van der Waals surface area contributed by atoms with E-state index in [9.17, 15) is 8.42 Å². The number of sulfonamides is 1. The fourth-order valence-electron chi connectivity index (χ4n) is 2.75. The second kappa shape index (κ2) is 7.15. The summed E-state index contributed by atoms with van der Waals surface area (Å²) < 4.78 is 27.9. The Hall–Kier alpha value is -0.530. The van der Waals surface area contributed by atoms with Crippen LogP contribution in [0.2, 0.25) is 4.34 Å². The third-order valence-corrected chi connectivity index (χ3v) is 8.89. The molecule has 0 N–H and O–H groups in total. The molecule has 0 radical (unpaired) electrons. The van der Waals surface area contributed by atoms with E-state index in [1.807, 2.05) is 17.8 Å². The number of benzene rings is 1. The molecule has 0 spiro atoms. The molecule has 0 saturated carbocycles. The second-order valence-electron chi connectivity index (χ2n) is 5.47. The molecule has 1 aromatic heterocycles. The normalized spacial score (nSPS) is 20.3. The fourth-order valence-corrected chi connectivity index (χ4v) is 7.29. The molecule has 1 fully saturated rings. The molecule has 23 heavy (non-hydrogen) atoms. The smallest absolute Gasteiger partial charge is 0.206 e. The quantitative estimate of drug-likeness (QED) is 0.773. The van der Waals surface area contributed by atoms with Crippen molar-refractivity contribution in [3.63, 3.8) is 0 Å². The van der Waals surface area contributed by atoms with Crippen LogP contribution in [0.5, 0.6) is 0 Å². The van der Waals surface area contributed by atoms with E-state index < -0.39 is 10.0 Å². The molecule has 3 rings (SSSR count). The van der Waals surface area contributed by atoms with Gasteiger partial charge in [0.1, 0.15) is 4.21 Å². The number of rotatable bonds is 3. The summed E-state index contributed by atoms with van der Waals surface area (Å²) in [4.78, 5) is 0. The van der Waals surface area contributed by atoms with Crippen LogP contribution in [0.4, 0.5) is 0 Å². The summed E-state index contributed by atoms with van der Waals surface area (Å²) in [6, 6.07) is 11.6. The maximum Gasteiger partial charge on any atom is 0.252 e. The standard InChI is InChI=1S/C16H18ClNO2S3/c1-12-4-2-3-5-13(12)14-8-9-18(10-11-21-14)23(19,20)16-7-6-15(17)22-16/h2-7,14H,8-11H2,1H3/t14-/m1/s1. The van der Waals surface area contributed by atoms with Crippen LogP contribution in [0.25, 0.3) is 0 Å². The van der Waals surface area contributed by atoms with Gasteiger partial charge in [-0.3, -0.25) is 0 Å². The van der Waals surface area contributed by atoms with E-state index >= 15 is 0 Å². The summed E-state index contributed by atoms with van der Waals surface area (Å²) in [6.45, 7) is 3.21. The Labute approximate surface area is 150 Å². The Morgan fingerprint density at radius 3 is 2.65 bits per heavy atom. The predicted octanol–water partition coefficient (Wildman–Crippen LogP) is 4.58. The third-order valence-electron chi connectivity index (χ3n) is 3.98. The maximum atomic E-state index is 12.7. The van der Waals surface area contributed by atoms with Gasteiger partial charge in [-0.2, -0.15) is 16.1 Å². The minimum absolute atomic E-state index is 0.335. The van der Waals surface area contributed by atoms with Gasteiger partial charge < -0.3 is 0 Å². The lowest BCUT2D eigenvalue weighted by atomic mass is 10.0. The number of hydrogen-bond donors (Lipinski definition) is 0. The molecule has 1 aliphatic rings. The average molecular weight is 388 g/mol. The van der Waals surface area contributed by atoms with Crippen LogP contribution >= 0.6 is 34.7 Å². The zero-order valence-electron chi connectivity index (χ0n) is 12.7. The fraction of sp³-hybridized carbons (Fsp3) is 0.375. The van der Waals surface area contributed by atoms with Gasteiger partial charge in [0.05, 0.1) is 4.34 Å². The summed E-state index contributed by atoms with van der Waals surface area (Å²) in [6.07, 6.45) is 0.827. The van der Waals surface area contributed by atoms with Gasteiger partial charge in [-0.1, -0.05) is 35.9 Å². The first kappa shape index (κ1) is 17.3. The van der Waals surface area contributed by atoms with Crippen molar-refractivity contribution in [3.05, 3.63) is 51.9 Å². The largest absolute Gasteiger partial charge is 0.252 e. The van der Waals surface area contributed by atoms with Gasteiger partial charge in [0.25, 0.3) is 10.0 Å². The van der Waals surface area contributed by atoms with Crippen molar-refractivity contribution < 1.29 is 8.42 Å². The second-order valence-corrected chi connectivity index (χ2v) is 10.7. The van der Waals surface area contributed by atoms with E-state index in [4.69, 9.17) is 11.6 Å². The molecule has 1 atom stereocenters. The van der Waals surface area contributed by atoms with Gasteiger partial charge in [0.15, 0.2) is 0 Å². The lowest BCUT2D eigenvalue weighted by Crippen LogP contribution is -2.32. The summed E-state index contributed by atoms with van der Waals surface area (Å²) >= 11 is 8.86. The minimum Gasteiger partial charge on any atom is -0.206 e. The molecule has 124 valence electrons. The van der Waals surface area contributed by atoms with Crippen LogP contribution in [-0.4, -0.2) is 31.6 Å². The number of nitrogens with zero attached hydrogens (tertiary/aromatic N) is 1. The molecule has 1 aliphatic heterocycles. The minimum atomic E-state index is -3.43. The number of aryl methyl sites for hydroxylation is 1. The summed E-state index contributed by atoms with van der Waals surface area (Å²) in [5, 5.41) is 0.350. The molecular formula is C16H18ClNO2S3. The first-order valence-corrected chi connectivity index (χ1v) is 11.1. The predicted molar refractivity (Wildman–Crippen MR) is 99.1 cm³/mol. The summed E-state index contributed by atoms with van der Waals surface area (Å²) in [7, 11) is -3.43. The van der Waals surface area contributed by atoms with Crippen molar-refractivity contribution in [2.45, 2.75) is 22.8 Å². The highest BCUT2D eigenvalue weighted by Gasteiger charge is 2.29. The SMILES string of the molecule is Cc1ccccc1[C@H]1CCN(S(=O)(=O)c2ccc(Cl)s2)CCS1. The molecule has 0 bridgehead atoms. The average Bonchev–Trinajstić information content (AvgIpc) is 2.82. The molecule has 0 unspecified atom stereocenters.